The van der Waals surface area contributed by atoms with Gasteiger partial charge in [-0.2, -0.15) is 10.2 Å². The number of nitrogens with zero attached hydrogens (tertiary/aromatic N) is 4. The smallest absolute Gasteiger partial charge is 0.337 e. The largest absolute Gasteiger partial charge is 0.465 e. The molecular weight excluding hydrogens is 476 g/mol. The molecule has 38 heavy (non-hydrogen) atoms. The van der Waals surface area contributed by atoms with Crippen LogP contribution >= 0.6 is 0 Å². The predicted octanol–water partition coefficient (Wildman–Crippen LogP) is 6.23. The molecule has 0 amide bonds. The van der Waals surface area contributed by atoms with Crippen LogP contribution in [-0.2, 0) is 11.8 Å². The molecular formula is C31H30N4O3. The molecule has 0 spiro atoms. The third-order valence-electron chi connectivity index (χ3n) is 6.84. The van der Waals surface area contributed by atoms with E-state index in [2.05, 4.69) is 24.2 Å². The number of rotatable bonds is 9. The number of aromatic nitrogens is 4. The van der Waals surface area contributed by atoms with Gasteiger partial charge in [0.1, 0.15) is 5.69 Å². The molecule has 7 heteroatoms. The van der Waals surface area contributed by atoms with Crippen LogP contribution in [0.25, 0.3) is 22.0 Å². The molecule has 7 nitrogen and oxygen atoms in total. The second kappa shape index (κ2) is 10.8. The van der Waals surface area contributed by atoms with E-state index in [1.54, 1.807) is 23.0 Å². The van der Waals surface area contributed by atoms with Crippen LogP contribution in [-0.4, -0.2) is 38.4 Å². The second-order valence-corrected chi connectivity index (χ2v) is 9.39. The van der Waals surface area contributed by atoms with Crippen LogP contribution in [0.4, 0.5) is 0 Å². The lowest BCUT2D eigenvalue weighted by Gasteiger charge is -2.19. The second-order valence-electron chi connectivity index (χ2n) is 9.39. The highest BCUT2D eigenvalue weighted by Crippen LogP contribution is 2.31. The Morgan fingerprint density at radius 3 is 2.34 bits per heavy atom. The van der Waals surface area contributed by atoms with Crippen molar-refractivity contribution in [3.8, 4) is 11.1 Å². The van der Waals surface area contributed by atoms with Crippen LogP contribution in [0.2, 0.25) is 0 Å². The number of hydrogen-bond acceptors (Lipinski definition) is 5. The number of aryl methyl sites for hydroxylation is 1. The number of ketones is 1. The summed E-state index contributed by atoms with van der Waals surface area (Å²) in [5.74, 6) is -0.653. The molecule has 0 aliphatic heterocycles. The zero-order chi connectivity index (χ0) is 26.6. The van der Waals surface area contributed by atoms with Crippen molar-refractivity contribution in [1.29, 1.82) is 0 Å². The molecule has 0 bridgehead atoms. The summed E-state index contributed by atoms with van der Waals surface area (Å²) in [5.41, 5.74) is 5.10. The van der Waals surface area contributed by atoms with Crippen LogP contribution in [0.5, 0.6) is 0 Å². The van der Waals surface area contributed by atoms with Crippen LogP contribution in [0.15, 0.2) is 85.2 Å². The van der Waals surface area contributed by atoms with Crippen molar-refractivity contribution < 1.29 is 14.3 Å². The van der Waals surface area contributed by atoms with E-state index in [4.69, 9.17) is 9.84 Å². The van der Waals surface area contributed by atoms with E-state index in [1.165, 1.54) is 7.11 Å². The molecule has 2 aromatic heterocycles. The van der Waals surface area contributed by atoms with Gasteiger partial charge in [-0.15, -0.1) is 0 Å². The molecule has 0 aliphatic carbocycles. The van der Waals surface area contributed by atoms with Gasteiger partial charge in [-0.05, 0) is 35.7 Å². The molecule has 3 aromatic carbocycles. The number of hydrogen-bond donors (Lipinski definition) is 0. The molecule has 0 fully saturated rings. The Hall–Kier alpha value is -4.52. The molecule has 0 saturated carbocycles. The Kier molecular flexibility index (Phi) is 7.18. The highest BCUT2D eigenvalue weighted by atomic mass is 16.5. The van der Waals surface area contributed by atoms with Crippen molar-refractivity contribution in [3.05, 3.63) is 108 Å². The van der Waals surface area contributed by atoms with E-state index in [9.17, 15) is 9.59 Å². The zero-order valence-corrected chi connectivity index (χ0v) is 21.8. The number of ether oxygens (including phenoxy) is 1. The monoisotopic (exact) mass is 506 g/mol. The number of benzene rings is 3. The van der Waals surface area contributed by atoms with Gasteiger partial charge in [0.05, 0.1) is 30.4 Å². The summed E-state index contributed by atoms with van der Waals surface area (Å²) < 4.78 is 8.63. The van der Waals surface area contributed by atoms with Gasteiger partial charge in [-0.25, -0.2) is 4.79 Å². The molecule has 1 unspecified atom stereocenters. The zero-order valence-electron chi connectivity index (χ0n) is 21.8. The summed E-state index contributed by atoms with van der Waals surface area (Å²) in [7, 11) is 3.22. The SMILES string of the molecule is CCCCC(c1ccccc1)n1nc(C(=O)c2ccc(-c3cnn(C)c3)cc2)c2cc(C(=O)OC)ccc21. The molecule has 0 saturated heterocycles. The first-order valence-electron chi connectivity index (χ1n) is 12.8. The van der Waals surface area contributed by atoms with Crippen LogP contribution in [0.3, 0.4) is 0 Å². The van der Waals surface area contributed by atoms with Gasteiger partial charge in [0.25, 0.3) is 0 Å². The maximum Gasteiger partial charge on any atom is 0.337 e. The number of unbranched alkanes of at least 4 members (excludes halogenated alkanes) is 1. The molecule has 0 N–H and O–H groups in total. The average molecular weight is 507 g/mol. The summed E-state index contributed by atoms with van der Waals surface area (Å²) >= 11 is 0. The Balaban J connectivity index is 1.62. The predicted molar refractivity (Wildman–Crippen MR) is 147 cm³/mol. The summed E-state index contributed by atoms with van der Waals surface area (Å²) in [6, 6.07) is 22.9. The lowest BCUT2D eigenvalue weighted by Crippen LogP contribution is -2.13. The highest BCUT2D eigenvalue weighted by Gasteiger charge is 2.25. The highest BCUT2D eigenvalue weighted by molar-refractivity contribution is 6.15. The van der Waals surface area contributed by atoms with E-state index in [1.807, 2.05) is 66.5 Å². The summed E-state index contributed by atoms with van der Waals surface area (Å²) in [5, 5.41) is 9.76. The number of methoxy groups -OCH3 is 1. The standard InChI is InChI=1S/C31H30N4O3/c1-4-5-11-27(22-9-7-6-8-10-22)35-28-17-16-24(31(37)38-3)18-26(28)29(33-35)30(36)23-14-12-21(13-15-23)25-19-32-34(2)20-25/h6-10,12-20,27H,4-5,11H2,1-3H3. The quantitative estimate of drug-likeness (QED) is 0.175. The Labute approximate surface area is 221 Å². The molecule has 0 radical (unpaired) electrons. The summed E-state index contributed by atoms with van der Waals surface area (Å²) in [6.07, 6.45) is 6.66. The van der Waals surface area contributed by atoms with E-state index >= 15 is 0 Å². The summed E-state index contributed by atoms with van der Waals surface area (Å²) in [6.45, 7) is 2.16. The Bertz CT molecular complexity index is 1580. The van der Waals surface area contributed by atoms with Gasteiger partial charge in [-0.1, -0.05) is 74.4 Å². The fourth-order valence-corrected chi connectivity index (χ4v) is 4.81. The first kappa shape index (κ1) is 25.1. The number of carbonyl (C=O) groups excluding carboxylic acids is 2. The normalized spacial score (nSPS) is 12.0. The lowest BCUT2D eigenvalue weighted by molar-refractivity contribution is 0.0600. The van der Waals surface area contributed by atoms with Crippen LogP contribution < -0.4 is 0 Å². The number of esters is 1. The Morgan fingerprint density at radius 1 is 0.947 bits per heavy atom. The molecule has 5 rings (SSSR count). The molecule has 2 heterocycles. The van der Waals surface area contributed by atoms with E-state index < -0.39 is 5.97 Å². The van der Waals surface area contributed by atoms with E-state index in [0.29, 0.717) is 22.2 Å². The maximum absolute atomic E-state index is 13.8. The van der Waals surface area contributed by atoms with Crippen LogP contribution in [0.1, 0.15) is 64.2 Å². The van der Waals surface area contributed by atoms with Crippen molar-refractivity contribution in [1.82, 2.24) is 19.6 Å². The average Bonchev–Trinajstić information content (AvgIpc) is 3.56. The van der Waals surface area contributed by atoms with Gasteiger partial charge >= 0.3 is 5.97 Å². The van der Waals surface area contributed by atoms with E-state index in [0.717, 1.165) is 41.5 Å². The number of fused-ring (bicyclic) bond motifs is 1. The fourth-order valence-electron chi connectivity index (χ4n) is 4.81. The van der Waals surface area contributed by atoms with Gasteiger partial charge in [0.15, 0.2) is 0 Å². The fraction of sp³-hybridized carbons (Fsp3) is 0.226. The Morgan fingerprint density at radius 2 is 1.68 bits per heavy atom. The van der Waals surface area contributed by atoms with Crippen molar-refractivity contribution >= 4 is 22.7 Å². The minimum absolute atomic E-state index is 0.0443. The minimum atomic E-state index is -0.454. The third-order valence-corrected chi connectivity index (χ3v) is 6.84. The first-order valence-corrected chi connectivity index (χ1v) is 12.8. The minimum Gasteiger partial charge on any atom is -0.465 e. The van der Waals surface area contributed by atoms with Gasteiger partial charge in [0, 0.05) is 29.8 Å². The maximum atomic E-state index is 13.8. The number of carbonyl (C=O) groups is 2. The first-order chi connectivity index (χ1) is 18.5. The van der Waals surface area contributed by atoms with Gasteiger partial charge < -0.3 is 4.74 Å². The van der Waals surface area contributed by atoms with Crippen LogP contribution in [0, 0.1) is 0 Å². The third kappa shape index (κ3) is 4.87. The van der Waals surface area contributed by atoms with Crippen molar-refractivity contribution in [2.24, 2.45) is 7.05 Å². The van der Waals surface area contributed by atoms with Gasteiger partial charge in [0.2, 0.25) is 5.78 Å². The summed E-state index contributed by atoms with van der Waals surface area (Å²) in [4.78, 5) is 26.2. The lowest BCUT2D eigenvalue weighted by atomic mass is 10.00. The molecule has 192 valence electrons. The van der Waals surface area contributed by atoms with Crippen molar-refractivity contribution in [2.75, 3.05) is 7.11 Å². The topological polar surface area (TPSA) is 79.0 Å². The van der Waals surface area contributed by atoms with E-state index in [-0.39, 0.29) is 11.8 Å². The molecule has 0 aliphatic rings. The molecule has 1 atom stereocenters. The van der Waals surface area contributed by atoms with Crippen molar-refractivity contribution in [3.63, 3.8) is 0 Å². The van der Waals surface area contributed by atoms with Gasteiger partial charge in [-0.3, -0.25) is 14.2 Å². The molecule has 5 aromatic rings. The van der Waals surface area contributed by atoms with Crippen molar-refractivity contribution in [2.45, 2.75) is 32.2 Å².